The zero-order valence-electron chi connectivity index (χ0n) is 8.20. The van der Waals surface area contributed by atoms with E-state index < -0.39 is 11.3 Å². The lowest BCUT2D eigenvalue weighted by Crippen LogP contribution is -1.90. The minimum atomic E-state index is -2.73. The SMILES string of the molecule is Cc1cc([N+](=O)[O-])cc2c(C(F)F)[nH]nc12. The number of hydrogen-bond acceptors (Lipinski definition) is 3. The van der Waals surface area contributed by atoms with Gasteiger partial charge in [0.05, 0.1) is 10.4 Å². The fraction of sp³-hybridized carbons (Fsp3) is 0.222. The number of aromatic nitrogens is 2. The molecule has 7 heteroatoms. The Hall–Kier alpha value is -2.05. The molecule has 0 unspecified atom stereocenters. The Morgan fingerprint density at radius 2 is 2.19 bits per heavy atom. The fourth-order valence-electron chi connectivity index (χ4n) is 1.56. The zero-order valence-corrected chi connectivity index (χ0v) is 8.20. The van der Waals surface area contributed by atoms with E-state index >= 15 is 0 Å². The number of benzene rings is 1. The normalized spacial score (nSPS) is 11.2. The van der Waals surface area contributed by atoms with Gasteiger partial charge in [0, 0.05) is 17.5 Å². The molecule has 2 aromatic rings. The van der Waals surface area contributed by atoms with Crippen molar-refractivity contribution in [2.24, 2.45) is 0 Å². The number of aromatic amines is 1. The quantitative estimate of drug-likeness (QED) is 0.633. The third kappa shape index (κ3) is 1.50. The summed E-state index contributed by atoms with van der Waals surface area (Å²) < 4.78 is 25.1. The maximum absolute atomic E-state index is 12.6. The van der Waals surface area contributed by atoms with Crippen LogP contribution in [0.25, 0.3) is 10.9 Å². The van der Waals surface area contributed by atoms with Crippen molar-refractivity contribution in [2.45, 2.75) is 13.3 Å². The Bertz CT molecular complexity index is 565. The van der Waals surface area contributed by atoms with E-state index in [9.17, 15) is 18.9 Å². The number of non-ortho nitro benzene ring substituents is 1. The highest BCUT2D eigenvalue weighted by atomic mass is 19.3. The molecule has 0 fully saturated rings. The summed E-state index contributed by atoms with van der Waals surface area (Å²) in [5.74, 6) is 0. The number of aryl methyl sites for hydroxylation is 1. The third-order valence-corrected chi connectivity index (χ3v) is 2.29. The second-order valence-corrected chi connectivity index (χ2v) is 3.35. The summed E-state index contributed by atoms with van der Waals surface area (Å²) in [5, 5.41) is 16.6. The predicted octanol–water partition coefficient (Wildman–Crippen LogP) is 2.72. The Morgan fingerprint density at radius 1 is 1.50 bits per heavy atom. The lowest BCUT2D eigenvalue weighted by Gasteiger charge is -1.98. The van der Waals surface area contributed by atoms with Crippen LogP contribution in [0.15, 0.2) is 12.1 Å². The van der Waals surface area contributed by atoms with Crippen LogP contribution >= 0.6 is 0 Å². The van der Waals surface area contributed by atoms with Crippen molar-refractivity contribution in [1.82, 2.24) is 10.2 Å². The summed E-state index contributed by atoms with van der Waals surface area (Å²) in [6.07, 6.45) is -2.73. The first-order valence-corrected chi connectivity index (χ1v) is 4.42. The summed E-state index contributed by atoms with van der Waals surface area (Å²) in [5.41, 5.74) is 0.225. The van der Waals surface area contributed by atoms with E-state index in [0.717, 1.165) is 6.07 Å². The van der Waals surface area contributed by atoms with E-state index in [2.05, 4.69) is 10.2 Å². The number of fused-ring (bicyclic) bond motifs is 1. The number of halogens is 2. The molecule has 1 heterocycles. The molecule has 0 radical (unpaired) electrons. The number of H-pyrrole nitrogens is 1. The van der Waals surface area contributed by atoms with Gasteiger partial charge in [0.2, 0.25) is 0 Å². The molecule has 0 amide bonds. The standard InChI is InChI=1S/C9H7F2N3O2/c1-4-2-5(14(15)16)3-6-7(4)12-13-8(6)9(10)11/h2-3,9H,1H3,(H,12,13). The van der Waals surface area contributed by atoms with Crippen molar-refractivity contribution in [3.05, 3.63) is 33.5 Å². The molecule has 0 saturated carbocycles. The largest absolute Gasteiger partial charge is 0.280 e. The number of nitro groups is 1. The molecular weight excluding hydrogens is 220 g/mol. The van der Waals surface area contributed by atoms with Crippen LogP contribution < -0.4 is 0 Å². The molecule has 0 aliphatic rings. The first-order valence-electron chi connectivity index (χ1n) is 4.42. The summed E-state index contributed by atoms with van der Waals surface area (Å²) in [6, 6.07) is 2.41. The van der Waals surface area contributed by atoms with Crippen molar-refractivity contribution in [2.75, 3.05) is 0 Å². The molecule has 1 aromatic carbocycles. The Balaban J connectivity index is 2.76. The van der Waals surface area contributed by atoms with Gasteiger partial charge < -0.3 is 0 Å². The minimum absolute atomic E-state index is 0.0988. The second kappa shape index (κ2) is 3.51. The summed E-state index contributed by atoms with van der Waals surface area (Å²) in [4.78, 5) is 9.97. The van der Waals surface area contributed by atoms with Crippen LogP contribution in [0.2, 0.25) is 0 Å². The van der Waals surface area contributed by atoms with Crippen LogP contribution in [0.5, 0.6) is 0 Å². The topological polar surface area (TPSA) is 71.8 Å². The van der Waals surface area contributed by atoms with E-state index in [1.807, 2.05) is 0 Å². The van der Waals surface area contributed by atoms with Crippen LogP contribution in [0.1, 0.15) is 17.7 Å². The molecule has 2 rings (SSSR count). The molecule has 16 heavy (non-hydrogen) atoms. The van der Waals surface area contributed by atoms with Gasteiger partial charge in [0.1, 0.15) is 5.69 Å². The van der Waals surface area contributed by atoms with E-state index in [1.54, 1.807) is 6.92 Å². The highest BCUT2D eigenvalue weighted by molar-refractivity contribution is 5.86. The van der Waals surface area contributed by atoms with Crippen LogP contribution in [-0.2, 0) is 0 Å². The fourth-order valence-corrected chi connectivity index (χ4v) is 1.56. The van der Waals surface area contributed by atoms with Gasteiger partial charge in [0.15, 0.2) is 0 Å². The Morgan fingerprint density at radius 3 is 2.75 bits per heavy atom. The number of nitrogens with zero attached hydrogens (tertiary/aromatic N) is 2. The Labute approximate surface area is 88.2 Å². The molecule has 0 saturated heterocycles. The van der Waals surface area contributed by atoms with E-state index in [4.69, 9.17) is 0 Å². The molecule has 0 atom stereocenters. The maximum Gasteiger partial charge on any atom is 0.280 e. The van der Waals surface area contributed by atoms with Crippen LogP contribution in [-0.4, -0.2) is 15.1 Å². The van der Waals surface area contributed by atoms with Gasteiger partial charge in [0.25, 0.3) is 12.1 Å². The first-order chi connectivity index (χ1) is 7.50. The lowest BCUT2D eigenvalue weighted by atomic mass is 10.1. The van der Waals surface area contributed by atoms with Crippen LogP contribution in [0.3, 0.4) is 0 Å². The van der Waals surface area contributed by atoms with E-state index in [0.29, 0.717) is 11.1 Å². The average molecular weight is 227 g/mol. The maximum atomic E-state index is 12.6. The number of nitro benzene ring substituents is 1. The van der Waals surface area contributed by atoms with Crippen LogP contribution in [0, 0.1) is 17.0 Å². The second-order valence-electron chi connectivity index (χ2n) is 3.35. The van der Waals surface area contributed by atoms with Gasteiger partial charge in [-0.3, -0.25) is 15.2 Å². The molecule has 1 aromatic heterocycles. The lowest BCUT2D eigenvalue weighted by molar-refractivity contribution is -0.384. The molecule has 0 aliphatic carbocycles. The van der Waals surface area contributed by atoms with Crippen molar-refractivity contribution >= 4 is 16.6 Å². The van der Waals surface area contributed by atoms with Crippen molar-refractivity contribution in [3.8, 4) is 0 Å². The van der Waals surface area contributed by atoms with E-state index in [1.165, 1.54) is 6.07 Å². The minimum Gasteiger partial charge on any atom is -0.275 e. The molecule has 1 N–H and O–H groups in total. The number of rotatable bonds is 2. The molecule has 0 bridgehead atoms. The van der Waals surface area contributed by atoms with Gasteiger partial charge in [-0.2, -0.15) is 5.10 Å². The number of alkyl halides is 2. The first kappa shape index (κ1) is 10.5. The van der Waals surface area contributed by atoms with Gasteiger partial charge in [-0.1, -0.05) is 0 Å². The van der Waals surface area contributed by atoms with E-state index in [-0.39, 0.29) is 16.8 Å². The molecule has 84 valence electrons. The monoisotopic (exact) mass is 227 g/mol. The van der Waals surface area contributed by atoms with Gasteiger partial charge >= 0.3 is 0 Å². The van der Waals surface area contributed by atoms with Gasteiger partial charge in [-0.15, -0.1) is 0 Å². The van der Waals surface area contributed by atoms with Crippen molar-refractivity contribution in [3.63, 3.8) is 0 Å². The Kier molecular flexibility index (Phi) is 2.30. The third-order valence-electron chi connectivity index (χ3n) is 2.29. The highest BCUT2D eigenvalue weighted by Crippen LogP contribution is 2.30. The molecule has 0 spiro atoms. The molecule has 5 nitrogen and oxygen atoms in total. The number of hydrogen-bond donors (Lipinski definition) is 1. The van der Waals surface area contributed by atoms with Gasteiger partial charge in [-0.25, -0.2) is 8.78 Å². The van der Waals surface area contributed by atoms with Crippen LogP contribution in [0.4, 0.5) is 14.5 Å². The summed E-state index contributed by atoms with van der Waals surface area (Å²) in [7, 11) is 0. The van der Waals surface area contributed by atoms with Gasteiger partial charge in [-0.05, 0) is 12.5 Å². The summed E-state index contributed by atoms with van der Waals surface area (Å²) >= 11 is 0. The van der Waals surface area contributed by atoms with Crippen molar-refractivity contribution in [1.29, 1.82) is 0 Å². The summed E-state index contributed by atoms with van der Waals surface area (Å²) in [6.45, 7) is 1.59. The number of nitrogens with one attached hydrogen (secondary N) is 1. The van der Waals surface area contributed by atoms with Crippen molar-refractivity contribution < 1.29 is 13.7 Å². The smallest absolute Gasteiger partial charge is 0.275 e. The average Bonchev–Trinajstić information content (AvgIpc) is 2.61. The zero-order chi connectivity index (χ0) is 11.9. The highest BCUT2D eigenvalue weighted by Gasteiger charge is 2.19. The predicted molar refractivity (Wildman–Crippen MR) is 52.4 cm³/mol. The molecular formula is C9H7F2N3O2. The molecule has 0 aliphatic heterocycles.